The second-order valence-corrected chi connectivity index (χ2v) is 13.4. The standard InChI is InChI=1S/C24H39N3O4S.C7H14N2O/c1-15(2)12-22(29)27(6)20(16(3)4)13-21(31-17(5)28)24-26-19(14-32-24)23(30)25-18-10-8-7-9-11-18;1-9-5-3-2-4-6(9)7(8)10/h14-16,18,20-21H,7-13H2,1-6H3,(H,25,30);6H,2-5H2,1H3,(H2,8,10). The summed E-state index contributed by atoms with van der Waals surface area (Å²) in [5, 5.41) is 5.39. The van der Waals surface area contributed by atoms with Gasteiger partial charge in [0.1, 0.15) is 10.7 Å². The predicted molar refractivity (Wildman–Crippen MR) is 166 cm³/mol. The summed E-state index contributed by atoms with van der Waals surface area (Å²) in [4.78, 5) is 56.2. The number of nitrogens with one attached hydrogen (secondary N) is 1. The average Bonchev–Trinajstić information content (AvgIpc) is 3.41. The molecule has 3 amide bonds. The second kappa shape index (κ2) is 17.6. The number of ether oxygens (including phenoxy) is 1. The second-order valence-electron chi connectivity index (χ2n) is 12.5. The maximum atomic E-state index is 12.7. The number of carbonyl (C=O) groups excluding carboxylic acids is 4. The number of thiazole rings is 1. The highest BCUT2D eigenvalue weighted by molar-refractivity contribution is 7.09. The van der Waals surface area contributed by atoms with Gasteiger partial charge in [-0.1, -0.05) is 53.4 Å². The summed E-state index contributed by atoms with van der Waals surface area (Å²) in [6, 6.07) is 0.0828. The highest BCUT2D eigenvalue weighted by atomic mass is 32.1. The molecule has 2 aliphatic rings. The zero-order valence-corrected chi connectivity index (χ0v) is 27.5. The van der Waals surface area contributed by atoms with Crippen LogP contribution in [0.3, 0.4) is 0 Å². The van der Waals surface area contributed by atoms with Crippen molar-refractivity contribution in [1.29, 1.82) is 0 Å². The molecule has 238 valence electrons. The molecule has 2 heterocycles. The molecule has 0 aromatic carbocycles. The van der Waals surface area contributed by atoms with Crippen molar-refractivity contribution in [3.8, 4) is 0 Å². The number of primary amides is 1. The number of amides is 3. The summed E-state index contributed by atoms with van der Waals surface area (Å²) < 4.78 is 5.61. The Balaban J connectivity index is 0.000000518. The number of likely N-dealkylation sites (tertiary alicyclic amines) is 1. The molecule has 1 aromatic rings. The van der Waals surface area contributed by atoms with Crippen molar-refractivity contribution in [3.63, 3.8) is 0 Å². The number of carbonyl (C=O) groups is 4. The third-order valence-electron chi connectivity index (χ3n) is 8.08. The Morgan fingerprint density at radius 3 is 2.26 bits per heavy atom. The first kappa shape index (κ1) is 35.7. The summed E-state index contributed by atoms with van der Waals surface area (Å²) >= 11 is 1.32. The molecule has 3 N–H and O–H groups in total. The molecule has 42 heavy (non-hydrogen) atoms. The largest absolute Gasteiger partial charge is 0.455 e. The lowest BCUT2D eigenvalue weighted by molar-refractivity contribution is -0.148. The fraction of sp³-hybridized carbons (Fsp3) is 0.774. The van der Waals surface area contributed by atoms with Crippen LogP contribution in [0.4, 0.5) is 0 Å². The molecule has 3 rings (SSSR count). The number of hydrogen-bond acceptors (Lipinski definition) is 8. The zero-order chi connectivity index (χ0) is 31.4. The number of rotatable bonds is 11. The first-order valence-corrected chi connectivity index (χ1v) is 16.4. The summed E-state index contributed by atoms with van der Waals surface area (Å²) in [7, 11) is 3.76. The SMILES string of the molecule is CC(=O)OC(CC(C(C)C)N(C)C(=O)CC(C)C)c1nc(C(=O)NC2CCCCC2)cs1.CN1CCCCC1C(N)=O. The molecule has 1 aliphatic heterocycles. The van der Waals surface area contributed by atoms with Gasteiger partial charge >= 0.3 is 5.97 Å². The number of esters is 1. The third-order valence-corrected chi connectivity index (χ3v) is 9.01. The van der Waals surface area contributed by atoms with E-state index >= 15 is 0 Å². The molecular weight excluding hydrogens is 554 g/mol. The van der Waals surface area contributed by atoms with Gasteiger partial charge in [-0.3, -0.25) is 24.1 Å². The van der Waals surface area contributed by atoms with Crippen LogP contribution in [0.2, 0.25) is 0 Å². The van der Waals surface area contributed by atoms with Gasteiger partial charge in [0.2, 0.25) is 11.8 Å². The van der Waals surface area contributed by atoms with E-state index in [0.717, 1.165) is 45.1 Å². The monoisotopic (exact) mass is 607 g/mol. The Hall–Kier alpha value is -2.53. The van der Waals surface area contributed by atoms with Gasteiger partial charge in [-0.25, -0.2) is 4.98 Å². The smallest absolute Gasteiger partial charge is 0.303 e. The Kier molecular flexibility index (Phi) is 14.9. The highest BCUT2D eigenvalue weighted by Crippen LogP contribution is 2.31. The number of aromatic nitrogens is 1. The van der Waals surface area contributed by atoms with Crippen molar-refractivity contribution in [2.24, 2.45) is 17.6 Å². The van der Waals surface area contributed by atoms with Gasteiger partial charge < -0.3 is 20.7 Å². The van der Waals surface area contributed by atoms with Crippen molar-refractivity contribution in [2.75, 3.05) is 20.6 Å². The van der Waals surface area contributed by atoms with Crippen LogP contribution in [0, 0.1) is 11.8 Å². The Bertz CT molecular complexity index is 1020. The van der Waals surface area contributed by atoms with Crippen LogP contribution in [0.25, 0.3) is 0 Å². The Morgan fingerprint density at radius 1 is 1.10 bits per heavy atom. The molecule has 1 aromatic heterocycles. The van der Waals surface area contributed by atoms with E-state index in [1.165, 1.54) is 31.1 Å². The van der Waals surface area contributed by atoms with Crippen LogP contribution in [0.1, 0.15) is 120 Å². The molecular formula is C31H53N5O5S. The van der Waals surface area contributed by atoms with E-state index < -0.39 is 12.1 Å². The van der Waals surface area contributed by atoms with E-state index in [-0.39, 0.29) is 47.7 Å². The van der Waals surface area contributed by atoms with Crippen molar-refractivity contribution in [1.82, 2.24) is 20.1 Å². The summed E-state index contributed by atoms with van der Waals surface area (Å²) in [6.45, 7) is 10.5. The van der Waals surface area contributed by atoms with Crippen LogP contribution in [-0.4, -0.2) is 77.2 Å². The molecule has 1 saturated heterocycles. The molecule has 0 bridgehead atoms. The predicted octanol–water partition coefficient (Wildman–Crippen LogP) is 4.69. The lowest BCUT2D eigenvalue weighted by atomic mass is 9.95. The topological polar surface area (TPSA) is 135 Å². The minimum atomic E-state index is -0.601. The lowest BCUT2D eigenvalue weighted by Crippen LogP contribution is -2.45. The molecule has 2 fully saturated rings. The number of nitrogens with two attached hydrogens (primary N) is 1. The molecule has 0 spiro atoms. The summed E-state index contributed by atoms with van der Waals surface area (Å²) in [5.74, 6) is -0.244. The van der Waals surface area contributed by atoms with Crippen LogP contribution in [-0.2, 0) is 19.1 Å². The molecule has 0 radical (unpaired) electrons. The summed E-state index contributed by atoms with van der Waals surface area (Å²) in [5.41, 5.74) is 5.54. The molecule has 3 unspecified atom stereocenters. The first-order valence-electron chi connectivity index (χ1n) is 15.5. The summed E-state index contributed by atoms with van der Waals surface area (Å²) in [6.07, 6.45) is 9.10. The van der Waals surface area contributed by atoms with Crippen LogP contribution < -0.4 is 11.1 Å². The molecule has 3 atom stereocenters. The van der Waals surface area contributed by atoms with E-state index in [1.807, 2.05) is 32.8 Å². The molecule has 1 saturated carbocycles. The van der Waals surface area contributed by atoms with Crippen LogP contribution in [0.15, 0.2) is 5.38 Å². The minimum Gasteiger partial charge on any atom is -0.455 e. The minimum absolute atomic E-state index is 0.00579. The van der Waals surface area contributed by atoms with Gasteiger partial charge in [0.15, 0.2) is 6.10 Å². The van der Waals surface area contributed by atoms with E-state index in [2.05, 4.69) is 24.1 Å². The van der Waals surface area contributed by atoms with Crippen LogP contribution >= 0.6 is 11.3 Å². The van der Waals surface area contributed by atoms with Crippen LogP contribution in [0.5, 0.6) is 0 Å². The van der Waals surface area contributed by atoms with E-state index in [4.69, 9.17) is 10.5 Å². The lowest BCUT2D eigenvalue weighted by Gasteiger charge is -2.34. The fourth-order valence-corrected chi connectivity index (χ4v) is 6.49. The van der Waals surface area contributed by atoms with Crippen molar-refractivity contribution in [2.45, 2.75) is 123 Å². The van der Waals surface area contributed by atoms with Crippen molar-refractivity contribution < 1.29 is 23.9 Å². The van der Waals surface area contributed by atoms with Gasteiger partial charge in [0, 0.05) is 44.3 Å². The highest BCUT2D eigenvalue weighted by Gasteiger charge is 2.31. The number of nitrogens with zero attached hydrogens (tertiary/aromatic N) is 3. The maximum absolute atomic E-state index is 12.7. The van der Waals surface area contributed by atoms with Gasteiger partial charge in [-0.2, -0.15) is 0 Å². The van der Waals surface area contributed by atoms with Crippen molar-refractivity contribution >= 4 is 35.0 Å². The molecule has 11 heteroatoms. The van der Waals surface area contributed by atoms with E-state index in [9.17, 15) is 19.2 Å². The van der Waals surface area contributed by atoms with Gasteiger partial charge in [0.25, 0.3) is 5.91 Å². The zero-order valence-electron chi connectivity index (χ0n) is 26.7. The van der Waals surface area contributed by atoms with Gasteiger partial charge in [-0.15, -0.1) is 11.3 Å². The molecule has 1 aliphatic carbocycles. The van der Waals surface area contributed by atoms with Crippen molar-refractivity contribution in [3.05, 3.63) is 16.1 Å². The number of likely N-dealkylation sites (N-methyl/N-ethyl adjacent to an activating group) is 1. The van der Waals surface area contributed by atoms with E-state index in [0.29, 0.717) is 23.5 Å². The average molecular weight is 608 g/mol. The Morgan fingerprint density at radius 2 is 1.74 bits per heavy atom. The van der Waals surface area contributed by atoms with Gasteiger partial charge in [-0.05, 0) is 51.1 Å². The number of piperidine rings is 1. The fourth-order valence-electron chi connectivity index (χ4n) is 5.66. The quantitative estimate of drug-likeness (QED) is 0.349. The van der Waals surface area contributed by atoms with E-state index in [1.54, 1.807) is 10.3 Å². The first-order chi connectivity index (χ1) is 19.8. The Labute approximate surface area is 256 Å². The third kappa shape index (κ3) is 11.6. The molecule has 10 nitrogen and oxygen atoms in total. The normalized spacial score (nSPS) is 19.4. The van der Waals surface area contributed by atoms with Gasteiger partial charge in [0.05, 0.1) is 6.04 Å². The number of hydrogen-bond donors (Lipinski definition) is 2. The maximum Gasteiger partial charge on any atom is 0.303 e.